The van der Waals surface area contributed by atoms with Gasteiger partial charge in [-0.05, 0) is 25.7 Å². The van der Waals surface area contributed by atoms with E-state index in [2.05, 4.69) is 74.2 Å². The van der Waals surface area contributed by atoms with Crippen LogP contribution in [0.3, 0.4) is 0 Å². The van der Waals surface area contributed by atoms with Gasteiger partial charge in [-0.25, -0.2) is 22.8 Å². The van der Waals surface area contributed by atoms with Gasteiger partial charge in [-0.3, -0.25) is 0 Å². The van der Waals surface area contributed by atoms with E-state index >= 15 is 0 Å². The fraction of sp³-hybridized carbons (Fsp3) is 0.556. The van der Waals surface area contributed by atoms with Crippen molar-refractivity contribution >= 4 is 11.5 Å². The SMILES string of the molecule is C[n+]1ccn(CCCCCCn2cc[n+](C)c2)c1.Cc1nsc[n+]1C. The number of aryl methyl sites for hydroxylation is 6. The Kier molecular flexibility index (Phi) is 7.78. The number of hydrogen-bond donors (Lipinski definition) is 0. The molecule has 136 valence electrons. The number of imidazole rings is 2. The van der Waals surface area contributed by atoms with Gasteiger partial charge in [0.25, 0.3) is 0 Å². The molecule has 0 N–H and O–H groups in total. The Bertz CT molecular complexity index is 681. The van der Waals surface area contributed by atoms with E-state index in [0.29, 0.717) is 0 Å². The van der Waals surface area contributed by atoms with Crippen LogP contribution in [-0.2, 0) is 34.2 Å². The average molecular weight is 364 g/mol. The second-order valence-corrected chi connectivity index (χ2v) is 7.11. The van der Waals surface area contributed by atoms with Crippen LogP contribution >= 0.6 is 11.5 Å². The van der Waals surface area contributed by atoms with Crippen LogP contribution < -0.4 is 13.7 Å². The molecule has 3 aromatic rings. The first-order valence-electron chi connectivity index (χ1n) is 8.83. The summed E-state index contributed by atoms with van der Waals surface area (Å²) < 4.78 is 14.7. The molecule has 0 atom stereocenters. The molecule has 0 aliphatic carbocycles. The zero-order chi connectivity index (χ0) is 18.1. The summed E-state index contributed by atoms with van der Waals surface area (Å²) >= 11 is 1.48. The Morgan fingerprint density at radius 3 is 1.68 bits per heavy atom. The molecular formula is C18H31N6S+3. The summed E-state index contributed by atoms with van der Waals surface area (Å²) in [5.74, 6) is 1.07. The minimum atomic E-state index is 1.07. The number of unbranched alkanes of at least 4 members (excludes halogenated alkanes) is 3. The van der Waals surface area contributed by atoms with E-state index in [1.54, 1.807) is 0 Å². The maximum absolute atomic E-state index is 4.02. The molecule has 0 saturated carbocycles. The Hall–Kier alpha value is -2.02. The lowest BCUT2D eigenvalue weighted by atomic mass is 10.2. The Morgan fingerprint density at radius 2 is 1.40 bits per heavy atom. The lowest BCUT2D eigenvalue weighted by Crippen LogP contribution is -2.27. The van der Waals surface area contributed by atoms with Crippen molar-refractivity contribution < 1.29 is 13.7 Å². The average Bonchev–Trinajstić information content (AvgIpc) is 3.28. The van der Waals surface area contributed by atoms with Gasteiger partial charge in [0.2, 0.25) is 12.7 Å². The summed E-state index contributed by atoms with van der Waals surface area (Å²) in [6.45, 7) is 4.26. The molecule has 0 aliphatic rings. The van der Waals surface area contributed by atoms with E-state index in [1.165, 1.54) is 37.2 Å². The van der Waals surface area contributed by atoms with Crippen LogP contribution in [0.5, 0.6) is 0 Å². The standard InChI is InChI=1S/C14H24N4.C4H7N2S/c1-15-9-11-17(13-15)7-5-3-4-6-8-18-12-10-16(2)14-18;1-4-5-7-3-6(4)2/h9-14H,3-8H2,1-2H3;3H,1-2H3/q+2;+1. The summed E-state index contributed by atoms with van der Waals surface area (Å²) in [4.78, 5) is 0. The van der Waals surface area contributed by atoms with Crippen LogP contribution in [0.25, 0.3) is 0 Å². The van der Waals surface area contributed by atoms with Crippen molar-refractivity contribution in [3.63, 3.8) is 0 Å². The van der Waals surface area contributed by atoms with Gasteiger partial charge in [0.1, 0.15) is 36.3 Å². The molecule has 3 rings (SSSR count). The molecule has 3 aromatic heterocycles. The largest absolute Gasteiger partial charge is 0.310 e. The molecule has 25 heavy (non-hydrogen) atoms. The Labute approximate surface area is 154 Å². The fourth-order valence-corrected chi connectivity index (χ4v) is 3.14. The molecule has 3 heterocycles. The van der Waals surface area contributed by atoms with Gasteiger partial charge in [-0.1, -0.05) is 0 Å². The smallest absolute Gasteiger partial charge is 0.240 e. The van der Waals surface area contributed by atoms with Crippen molar-refractivity contribution in [3.05, 3.63) is 48.8 Å². The molecule has 0 saturated heterocycles. The molecule has 0 spiro atoms. The number of hydrogen-bond acceptors (Lipinski definition) is 2. The quantitative estimate of drug-likeness (QED) is 0.462. The third-order valence-electron chi connectivity index (χ3n) is 4.13. The highest BCUT2D eigenvalue weighted by atomic mass is 32.1. The van der Waals surface area contributed by atoms with E-state index in [-0.39, 0.29) is 0 Å². The van der Waals surface area contributed by atoms with Crippen LogP contribution in [-0.4, -0.2) is 13.5 Å². The van der Waals surface area contributed by atoms with Gasteiger partial charge in [0.15, 0.2) is 5.51 Å². The lowest BCUT2D eigenvalue weighted by Gasteiger charge is -1.98. The highest BCUT2D eigenvalue weighted by Gasteiger charge is 2.01. The van der Waals surface area contributed by atoms with Crippen molar-refractivity contribution in [1.29, 1.82) is 0 Å². The molecule has 0 radical (unpaired) electrons. The first-order chi connectivity index (χ1) is 12.0. The van der Waals surface area contributed by atoms with Gasteiger partial charge in [0.05, 0.1) is 34.2 Å². The zero-order valence-corrected chi connectivity index (χ0v) is 16.7. The van der Waals surface area contributed by atoms with Crippen molar-refractivity contribution in [1.82, 2.24) is 13.5 Å². The highest BCUT2D eigenvalue weighted by molar-refractivity contribution is 7.02. The summed E-state index contributed by atoms with van der Waals surface area (Å²) in [6.07, 6.45) is 17.9. The van der Waals surface area contributed by atoms with Crippen molar-refractivity contribution in [3.8, 4) is 0 Å². The molecule has 0 unspecified atom stereocenters. The van der Waals surface area contributed by atoms with Gasteiger partial charge in [0, 0.05) is 11.3 Å². The summed E-state index contributed by atoms with van der Waals surface area (Å²) in [6, 6.07) is 0. The van der Waals surface area contributed by atoms with Crippen LogP contribution in [0.2, 0.25) is 0 Å². The second kappa shape index (κ2) is 10.1. The van der Waals surface area contributed by atoms with Gasteiger partial charge in [-0.15, -0.1) is 0 Å². The molecule has 6 nitrogen and oxygen atoms in total. The molecule has 0 aliphatic heterocycles. The molecule has 7 heteroatoms. The van der Waals surface area contributed by atoms with E-state index < -0.39 is 0 Å². The number of rotatable bonds is 7. The van der Waals surface area contributed by atoms with Crippen LogP contribution in [0.4, 0.5) is 0 Å². The van der Waals surface area contributed by atoms with E-state index in [9.17, 15) is 0 Å². The highest BCUT2D eigenvalue weighted by Crippen LogP contribution is 2.03. The monoisotopic (exact) mass is 363 g/mol. The summed E-state index contributed by atoms with van der Waals surface area (Å²) in [7, 11) is 6.11. The maximum atomic E-state index is 4.02. The molecule has 0 aromatic carbocycles. The topological polar surface area (TPSA) is 34.4 Å². The van der Waals surface area contributed by atoms with Crippen molar-refractivity contribution in [2.24, 2.45) is 21.1 Å². The number of nitrogens with zero attached hydrogens (tertiary/aromatic N) is 6. The predicted octanol–water partition coefficient (Wildman–Crippen LogP) is 1.48. The zero-order valence-electron chi connectivity index (χ0n) is 15.9. The minimum absolute atomic E-state index is 1.07. The van der Waals surface area contributed by atoms with Gasteiger partial charge < -0.3 is 0 Å². The molecule has 0 amide bonds. The normalized spacial score (nSPS) is 10.6. The fourth-order valence-electron chi connectivity index (χ4n) is 2.52. The summed E-state index contributed by atoms with van der Waals surface area (Å²) in [5.41, 5.74) is 1.97. The number of aromatic nitrogens is 6. The maximum Gasteiger partial charge on any atom is 0.310 e. The minimum Gasteiger partial charge on any atom is -0.240 e. The first kappa shape index (κ1) is 19.3. The van der Waals surface area contributed by atoms with Gasteiger partial charge in [-0.2, -0.15) is 0 Å². The van der Waals surface area contributed by atoms with E-state index in [0.717, 1.165) is 18.9 Å². The Morgan fingerprint density at radius 1 is 0.880 bits per heavy atom. The van der Waals surface area contributed by atoms with Gasteiger partial charge >= 0.3 is 5.82 Å². The van der Waals surface area contributed by atoms with Crippen molar-refractivity contribution in [2.45, 2.75) is 45.7 Å². The predicted molar refractivity (Wildman–Crippen MR) is 97.7 cm³/mol. The second-order valence-electron chi connectivity index (χ2n) is 6.51. The van der Waals surface area contributed by atoms with E-state index in [4.69, 9.17) is 0 Å². The van der Waals surface area contributed by atoms with Crippen LogP contribution in [0, 0.1) is 6.92 Å². The van der Waals surface area contributed by atoms with Crippen LogP contribution in [0.1, 0.15) is 31.5 Å². The Balaban J connectivity index is 0.000000269. The molecule has 0 bridgehead atoms. The third kappa shape index (κ3) is 7.17. The van der Waals surface area contributed by atoms with E-state index in [1.807, 2.05) is 24.0 Å². The van der Waals surface area contributed by atoms with Crippen molar-refractivity contribution in [2.75, 3.05) is 0 Å². The molecule has 0 fully saturated rings. The molecular weight excluding hydrogens is 332 g/mol. The first-order valence-corrected chi connectivity index (χ1v) is 9.67. The van der Waals surface area contributed by atoms with Crippen LogP contribution in [0.15, 0.2) is 43.0 Å². The third-order valence-corrected chi connectivity index (χ3v) is 4.91. The lowest BCUT2D eigenvalue weighted by molar-refractivity contribution is -0.674. The summed E-state index contributed by atoms with van der Waals surface area (Å²) in [5, 5.41) is 0.